The van der Waals surface area contributed by atoms with E-state index in [1.165, 1.54) is 11.6 Å². The average Bonchev–Trinajstić information content (AvgIpc) is 2.67. The molecule has 2 aromatic rings. The Kier molecular flexibility index (Phi) is 2.52. The molecule has 0 aromatic carbocycles. The number of aromatic nitrogens is 3. The first-order chi connectivity index (χ1) is 7.45. The fourth-order valence-electron chi connectivity index (χ4n) is 1.56. The van der Waals surface area contributed by atoms with E-state index in [1.807, 2.05) is 19.0 Å². The van der Waals surface area contributed by atoms with Gasteiger partial charge in [-0.25, -0.2) is 0 Å². The van der Waals surface area contributed by atoms with Gasteiger partial charge in [0.05, 0.1) is 0 Å². The van der Waals surface area contributed by atoms with Gasteiger partial charge >= 0.3 is 97.4 Å². The summed E-state index contributed by atoms with van der Waals surface area (Å²) in [7, 11) is 6.89. The second kappa shape index (κ2) is 3.61. The molecule has 0 aliphatic heterocycles. The Labute approximate surface area is 97.7 Å². The third-order valence-corrected chi connectivity index (χ3v) is 4.58. The molecule has 0 N–H and O–H groups in total. The van der Waals surface area contributed by atoms with E-state index in [-0.39, 0.29) is 26.0 Å². The molecule has 2 rings (SSSR count). The van der Waals surface area contributed by atoms with E-state index in [9.17, 15) is 9.59 Å². The number of hydrogen-bond donors (Lipinski definition) is 0. The van der Waals surface area contributed by atoms with E-state index in [4.69, 9.17) is 0 Å². The van der Waals surface area contributed by atoms with Gasteiger partial charge in [-0.1, -0.05) is 0 Å². The van der Waals surface area contributed by atoms with Crippen molar-refractivity contribution in [3.05, 3.63) is 20.8 Å². The molecular weight excluding hydrogens is 275 g/mol. The van der Waals surface area contributed by atoms with E-state index in [0.717, 1.165) is 9.13 Å². The molecule has 0 aliphatic carbocycles. The molecule has 6 nitrogen and oxygen atoms in total. The Balaban J connectivity index is 3.07. The molecule has 0 saturated carbocycles. The van der Waals surface area contributed by atoms with Crippen LogP contribution < -0.4 is 16.1 Å². The number of aryl methyl sites for hydroxylation is 1. The molecule has 2 aromatic heterocycles. The topological polar surface area (TPSA) is 60.1 Å². The number of anilines is 1. The van der Waals surface area contributed by atoms with Gasteiger partial charge in [0.2, 0.25) is 0 Å². The van der Waals surface area contributed by atoms with Crippen LogP contribution in [0.3, 0.4) is 0 Å². The van der Waals surface area contributed by atoms with E-state index in [2.05, 4.69) is 3.98 Å². The molecule has 7 heteroatoms. The standard InChI is InChI=1S/C9H12N4O2Se/c1-11(2)8-5-6(10-16-8)12(3)9(15)13(4)7(5)14/h1-4H3. The molecule has 0 spiro atoms. The Bertz CT molecular complexity index is 664. The number of hydrogen-bond acceptors (Lipinski definition) is 4. The van der Waals surface area contributed by atoms with Crippen LogP contribution in [0.4, 0.5) is 4.56 Å². The van der Waals surface area contributed by atoms with Gasteiger partial charge in [0.15, 0.2) is 0 Å². The van der Waals surface area contributed by atoms with Crippen molar-refractivity contribution in [3.63, 3.8) is 0 Å². The van der Waals surface area contributed by atoms with Crippen LogP contribution in [-0.2, 0) is 14.1 Å². The fraction of sp³-hybridized carbons (Fsp3) is 0.444. The Hall–Kier alpha value is -1.33. The van der Waals surface area contributed by atoms with Gasteiger partial charge in [-0.3, -0.25) is 0 Å². The van der Waals surface area contributed by atoms with Crippen LogP contribution in [0.25, 0.3) is 11.0 Å². The van der Waals surface area contributed by atoms with Crippen molar-refractivity contribution in [2.75, 3.05) is 19.0 Å². The molecular formula is C9H12N4O2Se. The van der Waals surface area contributed by atoms with Crippen molar-refractivity contribution in [2.24, 2.45) is 14.1 Å². The Morgan fingerprint density at radius 2 is 1.81 bits per heavy atom. The van der Waals surface area contributed by atoms with Gasteiger partial charge in [0.25, 0.3) is 0 Å². The third kappa shape index (κ3) is 1.36. The van der Waals surface area contributed by atoms with Crippen molar-refractivity contribution in [2.45, 2.75) is 0 Å². The first-order valence-corrected chi connectivity index (χ1v) is 6.30. The quantitative estimate of drug-likeness (QED) is 0.615. The number of fused-ring (bicyclic) bond motifs is 1. The molecule has 0 unspecified atom stereocenters. The summed E-state index contributed by atoms with van der Waals surface area (Å²) in [6.45, 7) is 0. The molecule has 0 bridgehead atoms. The summed E-state index contributed by atoms with van der Waals surface area (Å²) in [6.07, 6.45) is 0. The molecule has 0 radical (unpaired) electrons. The van der Waals surface area contributed by atoms with Gasteiger partial charge in [-0.05, 0) is 0 Å². The maximum atomic E-state index is 12.0. The first kappa shape index (κ1) is 11.2. The van der Waals surface area contributed by atoms with Gasteiger partial charge in [-0.15, -0.1) is 0 Å². The number of rotatable bonds is 1. The maximum absolute atomic E-state index is 12.0. The predicted octanol–water partition coefficient (Wildman–Crippen LogP) is -1.24. The van der Waals surface area contributed by atoms with Crippen LogP contribution in [0.15, 0.2) is 9.59 Å². The summed E-state index contributed by atoms with van der Waals surface area (Å²) in [5, 5.41) is 0.564. The fourth-order valence-corrected chi connectivity index (χ4v) is 3.29. The van der Waals surface area contributed by atoms with Gasteiger partial charge in [0.1, 0.15) is 0 Å². The zero-order valence-electron chi connectivity index (χ0n) is 9.51. The SMILES string of the molecule is CN(C)c1[se]nc2c1c(=O)n(C)c(=O)n2C. The monoisotopic (exact) mass is 288 g/mol. The summed E-state index contributed by atoms with van der Waals surface area (Å²) in [6, 6.07) is 0. The zero-order valence-corrected chi connectivity index (χ0v) is 11.2. The second-order valence-corrected chi connectivity index (χ2v) is 5.36. The molecule has 16 heavy (non-hydrogen) atoms. The minimum atomic E-state index is -0.330. The van der Waals surface area contributed by atoms with Crippen LogP contribution >= 0.6 is 0 Å². The Morgan fingerprint density at radius 1 is 1.19 bits per heavy atom. The third-order valence-electron chi connectivity index (χ3n) is 2.47. The molecule has 0 fully saturated rings. The zero-order chi connectivity index (χ0) is 12.0. The van der Waals surface area contributed by atoms with E-state index < -0.39 is 0 Å². The van der Waals surface area contributed by atoms with Crippen LogP contribution in [0, 0.1) is 0 Å². The molecule has 2 heterocycles. The number of nitrogens with zero attached hydrogens (tertiary/aromatic N) is 4. The molecule has 0 saturated heterocycles. The van der Waals surface area contributed by atoms with E-state index >= 15 is 0 Å². The van der Waals surface area contributed by atoms with Gasteiger partial charge in [-0.2, -0.15) is 0 Å². The molecule has 0 amide bonds. The summed E-state index contributed by atoms with van der Waals surface area (Å²) in [4.78, 5) is 25.6. The van der Waals surface area contributed by atoms with Crippen LogP contribution in [0.1, 0.15) is 0 Å². The van der Waals surface area contributed by atoms with Crippen molar-refractivity contribution in [3.8, 4) is 0 Å². The molecule has 0 aliphatic rings. The van der Waals surface area contributed by atoms with Crippen molar-refractivity contribution in [1.29, 1.82) is 0 Å². The first-order valence-electron chi connectivity index (χ1n) is 4.68. The van der Waals surface area contributed by atoms with E-state index in [1.54, 1.807) is 7.05 Å². The van der Waals surface area contributed by atoms with Gasteiger partial charge < -0.3 is 0 Å². The van der Waals surface area contributed by atoms with E-state index in [0.29, 0.717) is 11.0 Å². The second-order valence-electron chi connectivity index (χ2n) is 3.79. The molecule has 86 valence electrons. The van der Waals surface area contributed by atoms with Crippen LogP contribution in [-0.4, -0.2) is 41.9 Å². The predicted molar refractivity (Wildman–Crippen MR) is 63.5 cm³/mol. The van der Waals surface area contributed by atoms with Crippen molar-refractivity contribution < 1.29 is 0 Å². The molecule has 0 atom stereocenters. The van der Waals surface area contributed by atoms with Crippen molar-refractivity contribution in [1.82, 2.24) is 13.1 Å². The Morgan fingerprint density at radius 3 is 2.38 bits per heavy atom. The summed E-state index contributed by atoms with van der Waals surface area (Å²) < 4.78 is 7.76. The minimum absolute atomic E-state index is 0.121. The van der Waals surface area contributed by atoms with Crippen molar-refractivity contribution >= 4 is 30.3 Å². The normalized spacial score (nSPS) is 11.0. The van der Waals surface area contributed by atoms with Crippen LogP contribution in [0.2, 0.25) is 0 Å². The van der Waals surface area contributed by atoms with Crippen LogP contribution in [0.5, 0.6) is 0 Å². The average molecular weight is 287 g/mol. The summed E-state index contributed by atoms with van der Waals surface area (Å²) in [5.74, 6) is 0. The van der Waals surface area contributed by atoms with Gasteiger partial charge in [0, 0.05) is 0 Å². The summed E-state index contributed by atoms with van der Waals surface area (Å²) >= 11 is -0.121. The summed E-state index contributed by atoms with van der Waals surface area (Å²) in [5.41, 5.74) is -0.0787.